The number of methoxy groups -OCH3 is 1. The first-order valence-electron chi connectivity index (χ1n) is 8.44. The molecule has 1 N–H and O–H groups in total. The van der Waals surface area contributed by atoms with Crippen molar-refractivity contribution in [3.63, 3.8) is 0 Å². The van der Waals surface area contributed by atoms with Crippen molar-refractivity contribution in [3.05, 3.63) is 89.5 Å². The Bertz CT molecular complexity index is 856. The molecule has 3 heteroatoms. The number of rotatable bonds is 4. The van der Waals surface area contributed by atoms with Gasteiger partial charge in [-0.3, -0.25) is 0 Å². The number of benzene rings is 3. The minimum absolute atomic E-state index is 0.200. The smallest absolute Gasteiger partial charge is 0.133 e. The molecule has 126 valence electrons. The average molecular weight is 332 g/mol. The highest BCUT2D eigenvalue weighted by atomic mass is 16.5. The number of aliphatic hydroxyl groups excluding tert-OH is 1. The van der Waals surface area contributed by atoms with Crippen molar-refractivity contribution in [2.45, 2.75) is 18.4 Å². The van der Waals surface area contributed by atoms with E-state index < -0.39 is 6.10 Å². The van der Waals surface area contributed by atoms with E-state index in [-0.39, 0.29) is 5.92 Å². The number of hydrogen-bond donors (Lipinski definition) is 1. The molecule has 3 nitrogen and oxygen atoms in total. The van der Waals surface area contributed by atoms with Gasteiger partial charge in [-0.15, -0.1) is 0 Å². The molecule has 0 bridgehead atoms. The van der Waals surface area contributed by atoms with Gasteiger partial charge in [0.05, 0.1) is 13.2 Å². The summed E-state index contributed by atoms with van der Waals surface area (Å²) < 4.78 is 11.2. The van der Waals surface area contributed by atoms with Gasteiger partial charge < -0.3 is 14.6 Å². The Morgan fingerprint density at radius 3 is 2.28 bits per heavy atom. The number of hydrogen-bond acceptors (Lipinski definition) is 3. The third-order valence-corrected chi connectivity index (χ3v) is 4.76. The van der Waals surface area contributed by atoms with Crippen LogP contribution >= 0.6 is 0 Å². The summed E-state index contributed by atoms with van der Waals surface area (Å²) in [6, 6.07) is 23.8. The maximum Gasteiger partial charge on any atom is 0.133 e. The van der Waals surface area contributed by atoms with Crippen LogP contribution in [0.15, 0.2) is 72.8 Å². The SMILES string of the molecule is COc1ccc(Oc2cccc3c2[C@H](O)C[C@@H]3c2ccccc2)cc1. The topological polar surface area (TPSA) is 38.7 Å². The molecule has 3 aromatic carbocycles. The molecule has 0 aromatic heterocycles. The highest BCUT2D eigenvalue weighted by molar-refractivity contribution is 5.52. The Morgan fingerprint density at radius 2 is 1.56 bits per heavy atom. The monoisotopic (exact) mass is 332 g/mol. The first-order valence-corrected chi connectivity index (χ1v) is 8.44. The summed E-state index contributed by atoms with van der Waals surface area (Å²) in [6.07, 6.45) is 0.164. The first kappa shape index (κ1) is 15.7. The lowest BCUT2D eigenvalue weighted by atomic mass is 9.93. The minimum atomic E-state index is -0.519. The standard InChI is InChI=1S/C22H20O3/c1-24-16-10-12-17(13-11-16)25-21-9-5-8-18-19(14-20(23)22(18)21)15-6-3-2-4-7-15/h2-13,19-20,23H,14H2,1H3/t19-,20-/m1/s1. The van der Waals surface area contributed by atoms with Gasteiger partial charge in [-0.1, -0.05) is 42.5 Å². The molecule has 0 unspecified atom stereocenters. The van der Waals surface area contributed by atoms with E-state index in [9.17, 15) is 5.11 Å². The normalized spacial score (nSPS) is 18.6. The van der Waals surface area contributed by atoms with Gasteiger partial charge in [0, 0.05) is 11.5 Å². The van der Waals surface area contributed by atoms with Crippen molar-refractivity contribution < 1.29 is 14.6 Å². The van der Waals surface area contributed by atoms with Gasteiger partial charge in [0.2, 0.25) is 0 Å². The molecule has 0 amide bonds. The zero-order valence-electron chi connectivity index (χ0n) is 14.1. The first-order chi connectivity index (χ1) is 12.3. The van der Waals surface area contributed by atoms with Gasteiger partial charge in [0.1, 0.15) is 17.2 Å². The van der Waals surface area contributed by atoms with Crippen LogP contribution < -0.4 is 9.47 Å². The minimum Gasteiger partial charge on any atom is -0.497 e. The van der Waals surface area contributed by atoms with E-state index in [1.807, 2.05) is 54.6 Å². The van der Waals surface area contributed by atoms with Gasteiger partial charge in [0.15, 0.2) is 0 Å². The second kappa shape index (κ2) is 6.61. The summed E-state index contributed by atoms with van der Waals surface area (Å²) in [6.45, 7) is 0. The Balaban J connectivity index is 1.68. The maximum atomic E-state index is 10.7. The molecule has 1 aliphatic rings. The van der Waals surface area contributed by atoms with Crippen LogP contribution in [-0.2, 0) is 0 Å². The highest BCUT2D eigenvalue weighted by Gasteiger charge is 2.33. The second-order valence-electron chi connectivity index (χ2n) is 6.25. The lowest BCUT2D eigenvalue weighted by molar-refractivity contribution is 0.173. The molecule has 0 fully saturated rings. The Hall–Kier alpha value is -2.78. The molecular formula is C22H20O3. The van der Waals surface area contributed by atoms with Crippen LogP contribution in [0.2, 0.25) is 0 Å². The van der Waals surface area contributed by atoms with Crippen LogP contribution in [0.25, 0.3) is 0 Å². The molecule has 25 heavy (non-hydrogen) atoms. The molecule has 0 heterocycles. The van der Waals surface area contributed by atoms with Crippen LogP contribution in [0.5, 0.6) is 17.2 Å². The Morgan fingerprint density at radius 1 is 0.840 bits per heavy atom. The maximum absolute atomic E-state index is 10.7. The summed E-state index contributed by atoms with van der Waals surface area (Å²) in [4.78, 5) is 0. The fraction of sp³-hybridized carbons (Fsp3) is 0.182. The highest BCUT2D eigenvalue weighted by Crippen LogP contribution is 2.48. The Kier molecular flexibility index (Phi) is 4.16. The van der Waals surface area contributed by atoms with E-state index in [2.05, 4.69) is 18.2 Å². The predicted molar refractivity (Wildman–Crippen MR) is 97.4 cm³/mol. The molecule has 2 atom stereocenters. The molecule has 1 aliphatic carbocycles. The largest absolute Gasteiger partial charge is 0.497 e. The third kappa shape index (κ3) is 2.99. The van der Waals surface area contributed by atoms with Crippen LogP contribution in [0.3, 0.4) is 0 Å². The fourth-order valence-corrected chi connectivity index (χ4v) is 3.55. The number of fused-ring (bicyclic) bond motifs is 1. The summed E-state index contributed by atoms with van der Waals surface area (Å²) in [7, 11) is 1.64. The van der Waals surface area contributed by atoms with E-state index in [0.29, 0.717) is 12.2 Å². The molecule has 4 rings (SSSR count). The van der Waals surface area contributed by atoms with Gasteiger partial charge in [-0.25, -0.2) is 0 Å². The summed E-state index contributed by atoms with van der Waals surface area (Å²) in [5.41, 5.74) is 3.26. The zero-order valence-corrected chi connectivity index (χ0v) is 14.1. The molecule has 0 radical (unpaired) electrons. The number of aliphatic hydroxyl groups is 1. The Labute approximate surface area is 147 Å². The summed E-state index contributed by atoms with van der Waals surface area (Å²) in [5.74, 6) is 2.43. The van der Waals surface area contributed by atoms with Crippen molar-refractivity contribution in [1.29, 1.82) is 0 Å². The van der Waals surface area contributed by atoms with Crippen LogP contribution in [0.1, 0.15) is 35.1 Å². The molecule has 0 spiro atoms. The fourth-order valence-electron chi connectivity index (χ4n) is 3.55. The van der Waals surface area contributed by atoms with Crippen molar-refractivity contribution in [2.24, 2.45) is 0 Å². The van der Waals surface area contributed by atoms with Crippen LogP contribution in [0.4, 0.5) is 0 Å². The zero-order chi connectivity index (χ0) is 17.2. The lowest BCUT2D eigenvalue weighted by Gasteiger charge is -2.14. The molecule has 0 saturated heterocycles. The third-order valence-electron chi connectivity index (χ3n) is 4.76. The van der Waals surface area contributed by atoms with E-state index in [4.69, 9.17) is 9.47 Å². The van der Waals surface area contributed by atoms with Gasteiger partial charge in [0.25, 0.3) is 0 Å². The average Bonchev–Trinajstić information content (AvgIpc) is 3.01. The molecule has 0 saturated carbocycles. The van der Waals surface area contributed by atoms with Crippen molar-refractivity contribution in [3.8, 4) is 17.2 Å². The van der Waals surface area contributed by atoms with Gasteiger partial charge in [-0.05, 0) is 47.9 Å². The summed E-state index contributed by atoms with van der Waals surface area (Å²) >= 11 is 0. The quantitative estimate of drug-likeness (QED) is 0.726. The van der Waals surface area contributed by atoms with Crippen molar-refractivity contribution >= 4 is 0 Å². The van der Waals surface area contributed by atoms with Gasteiger partial charge in [-0.2, -0.15) is 0 Å². The van der Waals surface area contributed by atoms with E-state index in [1.165, 1.54) is 5.56 Å². The summed E-state index contributed by atoms with van der Waals surface area (Å²) in [5, 5.41) is 10.7. The molecular weight excluding hydrogens is 312 g/mol. The number of ether oxygens (including phenoxy) is 2. The van der Waals surface area contributed by atoms with Crippen molar-refractivity contribution in [1.82, 2.24) is 0 Å². The van der Waals surface area contributed by atoms with E-state index in [0.717, 1.165) is 22.6 Å². The van der Waals surface area contributed by atoms with E-state index >= 15 is 0 Å². The predicted octanol–water partition coefficient (Wildman–Crippen LogP) is 5.06. The van der Waals surface area contributed by atoms with E-state index in [1.54, 1.807) is 7.11 Å². The second-order valence-corrected chi connectivity index (χ2v) is 6.25. The van der Waals surface area contributed by atoms with Crippen LogP contribution in [0, 0.1) is 0 Å². The lowest BCUT2D eigenvalue weighted by Crippen LogP contribution is -1.96. The van der Waals surface area contributed by atoms with Gasteiger partial charge >= 0.3 is 0 Å². The van der Waals surface area contributed by atoms with Crippen molar-refractivity contribution in [2.75, 3.05) is 7.11 Å². The molecule has 3 aromatic rings. The van der Waals surface area contributed by atoms with Crippen LogP contribution in [-0.4, -0.2) is 12.2 Å². The molecule has 0 aliphatic heterocycles.